The number of likely N-dealkylation sites (tertiary alicyclic amines) is 1. The van der Waals surface area contributed by atoms with E-state index >= 15 is 0 Å². The minimum atomic E-state index is 0. The van der Waals surface area contributed by atoms with Gasteiger partial charge in [-0.2, -0.15) is 0 Å². The number of hydrogen-bond acceptors (Lipinski definition) is 4. The Labute approximate surface area is 208 Å². The first-order valence-electron chi connectivity index (χ1n) is 11.2. The summed E-state index contributed by atoms with van der Waals surface area (Å²) in [5, 5.41) is 6.85. The van der Waals surface area contributed by atoms with E-state index in [1.54, 1.807) is 6.26 Å². The van der Waals surface area contributed by atoms with Crippen molar-refractivity contribution in [1.82, 2.24) is 20.4 Å². The third kappa shape index (κ3) is 7.81. The fourth-order valence-electron chi connectivity index (χ4n) is 3.89. The molecule has 0 aliphatic carbocycles. The van der Waals surface area contributed by atoms with Crippen LogP contribution in [0, 0.1) is 0 Å². The molecule has 2 aromatic rings. The number of halogens is 1. The Morgan fingerprint density at radius 1 is 1.19 bits per heavy atom. The summed E-state index contributed by atoms with van der Waals surface area (Å²) in [7, 11) is 2.09. The van der Waals surface area contributed by atoms with Crippen LogP contribution in [0.3, 0.4) is 0 Å². The molecule has 1 aliphatic rings. The molecule has 1 aromatic carbocycles. The molecule has 0 saturated carbocycles. The van der Waals surface area contributed by atoms with Crippen LogP contribution in [0.5, 0.6) is 0 Å². The number of guanidine groups is 1. The largest absolute Gasteiger partial charge is 0.468 e. The number of carbonyl (C=O) groups excluding carboxylic acids is 1. The molecule has 7 nitrogen and oxygen atoms in total. The first-order valence-corrected chi connectivity index (χ1v) is 11.2. The minimum absolute atomic E-state index is 0. The summed E-state index contributed by atoms with van der Waals surface area (Å²) in [6.07, 6.45) is 3.22. The first-order chi connectivity index (χ1) is 15.1. The van der Waals surface area contributed by atoms with E-state index in [4.69, 9.17) is 9.41 Å². The van der Waals surface area contributed by atoms with E-state index in [9.17, 15) is 4.79 Å². The number of hydrogen-bond donors (Lipinski definition) is 2. The topological polar surface area (TPSA) is 73.1 Å². The van der Waals surface area contributed by atoms with Crippen LogP contribution in [0.1, 0.15) is 43.6 Å². The zero-order chi connectivity index (χ0) is 22.1. The average molecular weight is 553 g/mol. The van der Waals surface area contributed by atoms with Crippen LogP contribution < -0.4 is 10.6 Å². The summed E-state index contributed by atoms with van der Waals surface area (Å²) in [6.45, 7) is 8.53. The van der Waals surface area contributed by atoms with Gasteiger partial charge < -0.3 is 20.0 Å². The van der Waals surface area contributed by atoms with Gasteiger partial charge >= 0.3 is 0 Å². The molecule has 0 radical (unpaired) electrons. The lowest BCUT2D eigenvalue weighted by Crippen LogP contribution is -2.45. The molecule has 1 aromatic heterocycles. The van der Waals surface area contributed by atoms with Gasteiger partial charge in [-0.25, -0.2) is 4.99 Å². The van der Waals surface area contributed by atoms with Gasteiger partial charge in [0.1, 0.15) is 5.76 Å². The Morgan fingerprint density at radius 2 is 1.97 bits per heavy atom. The van der Waals surface area contributed by atoms with Crippen molar-refractivity contribution in [1.29, 1.82) is 0 Å². The summed E-state index contributed by atoms with van der Waals surface area (Å²) in [4.78, 5) is 21.0. The summed E-state index contributed by atoms with van der Waals surface area (Å²) in [5.74, 6) is 1.99. The molecule has 1 aliphatic heterocycles. The number of benzene rings is 1. The van der Waals surface area contributed by atoms with E-state index in [0.29, 0.717) is 13.0 Å². The number of carbonyl (C=O) groups is 1. The van der Waals surface area contributed by atoms with Gasteiger partial charge in [-0.05, 0) is 43.7 Å². The second-order valence-electron chi connectivity index (χ2n) is 8.04. The smallest absolute Gasteiger partial charge is 0.222 e. The lowest BCUT2D eigenvalue weighted by molar-refractivity contribution is -0.129. The average Bonchev–Trinajstić information content (AvgIpc) is 3.44. The Morgan fingerprint density at radius 3 is 2.66 bits per heavy atom. The van der Waals surface area contributed by atoms with Gasteiger partial charge in [0.05, 0.1) is 19.4 Å². The standard InChI is InChI=1S/C24H35N5O2.HI/c1-4-23(30)29-13-12-21(17-29)27-24(25-5-2)26-15-19-9-6-7-10-20(19)16-28(3)18-22-11-8-14-31-22;/h6-11,14,21H,4-5,12-13,15-18H2,1-3H3,(H2,25,26,27);1H. The zero-order valence-corrected chi connectivity index (χ0v) is 21.7. The van der Waals surface area contributed by atoms with E-state index in [2.05, 4.69) is 53.8 Å². The van der Waals surface area contributed by atoms with Crippen molar-refractivity contribution in [3.8, 4) is 0 Å². The van der Waals surface area contributed by atoms with Crippen LogP contribution in [0.2, 0.25) is 0 Å². The zero-order valence-electron chi connectivity index (χ0n) is 19.3. The molecular weight excluding hydrogens is 517 g/mol. The van der Waals surface area contributed by atoms with Crippen molar-refractivity contribution < 1.29 is 9.21 Å². The second kappa shape index (κ2) is 13.5. The van der Waals surface area contributed by atoms with Crippen molar-refractivity contribution in [3.63, 3.8) is 0 Å². The van der Waals surface area contributed by atoms with Crippen LogP contribution in [0.4, 0.5) is 0 Å². The van der Waals surface area contributed by atoms with Crippen LogP contribution in [-0.2, 0) is 24.4 Å². The summed E-state index contributed by atoms with van der Waals surface area (Å²) < 4.78 is 5.47. The van der Waals surface area contributed by atoms with Gasteiger partial charge in [-0.15, -0.1) is 24.0 Å². The summed E-state index contributed by atoms with van der Waals surface area (Å²) in [6, 6.07) is 12.6. The van der Waals surface area contributed by atoms with Gasteiger partial charge in [0, 0.05) is 38.6 Å². The molecule has 0 bridgehead atoms. The maximum Gasteiger partial charge on any atom is 0.222 e. The van der Waals surface area contributed by atoms with E-state index in [0.717, 1.165) is 50.9 Å². The molecule has 176 valence electrons. The number of aliphatic imine (C=N–C) groups is 1. The number of nitrogens with one attached hydrogen (secondary N) is 2. The van der Waals surface area contributed by atoms with Gasteiger partial charge in [-0.1, -0.05) is 31.2 Å². The maximum atomic E-state index is 11.9. The highest BCUT2D eigenvalue weighted by molar-refractivity contribution is 14.0. The summed E-state index contributed by atoms with van der Waals surface area (Å²) >= 11 is 0. The molecule has 2 N–H and O–H groups in total. The summed E-state index contributed by atoms with van der Waals surface area (Å²) in [5.41, 5.74) is 2.47. The molecule has 32 heavy (non-hydrogen) atoms. The Hall–Kier alpha value is -2.07. The fourth-order valence-corrected chi connectivity index (χ4v) is 3.89. The van der Waals surface area contributed by atoms with E-state index < -0.39 is 0 Å². The molecule has 8 heteroatoms. The highest BCUT2D eigenvalue weighted by Crippen LogP contribution is 2.15. The molecule has 0 spiro atoms. The lowest BCUT2D eigenvalue weighted by atomic mass is 10.1. The van der Waals surface area contributed by atoms with E-state index in [1.165, 1.54) is 11.1 Å². The molecule has 1 amide bonds. The van der Waals surface area contributed by atoms with Crippen molar-refractivity contribution in [2.75, 3.05) is 26.7 Å². The van der Waals surface area contributed by atoms with E-state index in [-0.39, 0.29) is 35.9 Å². The van der Waals surface area contributed by atoms with Crippen LogP contribution in [0.25, 0.3) is 0 Å². The number of rotatable bonds is 9. The number of nitrogens with zero attached hydrogens (tertiary/aromatic N) is 3. The number of amides is 1. The Bertz CT molecular complexity index is 856. The molecule has 1 fully saturated rings. The van der Waals surface area contributed by atoms with Gasteiger partial charge in [0.2, 0.25) is 5.91 Å². The lowest BCUT2D eigenvalue weighted by Gasteiger charge is -2.19. The molecular formula is C24H36IN5O2. The SMILES string of the molecule is CCNC(=NCc1ccccc1CN(C)Cc1ccco1)NC1CCN(C(=O)CC)C1.I. The third-order valence-electron chi connectivity index (χ3n) is 5.50. The van der Waals surface area contributed by atoms with Gasteiger partial charge in [-0.3, -0.25) is 9.69 Å². The Balaban J connectivity index is 0.00000363. The predicted octanol–water partition coefficient (Wildman–Crippen LogP) is 3.60. The fraction of sp³-hybridized carbons (Fsp3) is 0.500. The van der Waals surface area contributed by atoms with E-state index in [1.807, 2.05) is 24.0 Å². The third-order valence-corrected chi connectivity index (χ3v) is 5.50. The number of furan rings is 1. The normalized spacial score (nSPS) is 16.2. The minimum Gasteiger partial charge on any atom is -0.468 e. The molecule has 2 heterocycles. The van der Waals surface area contributed by atoms with Crippen LogP contribution in [-0.4, -0.2) is 54.4 Å². The maximum absolute atomic E-state index is 11.9. The molecule has 1 unspecified atom stereocenters. The molecule has 1 saturated heterocycles. The highest BCUT2D eigenvalue weighted by atomic mass is 127. The van der Waals surface area contributed by atoms with Crippen molar-refractivity contribution in [2.24, 2.45) is 4.99 Å². The highest BCUT2D eigenvalue weighted by Gasteiger charge is 2.25. The molecule has 1 atom stereocenters. The Kier molecular flexibility index (Phi) is 11.0. The first kappa shape index (κ1) is 26.2. The van der Waals surface area contributed by atoms with Crippen molar-refractivity contribution >= 4 is 35.8 Å². The van der Waals surface area contributed by atoms with Gasteiger partial charge in [0.25, 0.3) is 0 Å². The quantitative estimate of drug-likeness (QED) is 0.282. The van der Waals surface area contributed by atoms with Crippen LogP contribution in [0.15, 0.2) is 52.1 Å². The van der Waals surface area contributed by atoms with Crippen molar-refractivity contribution in [3.05, 3.63) is 59.5 Å². The van der Waals surface area contributed by atoms with Crippen LogP contribution >= 0.6 is 24.0 Å². The van der Waals surface area contributed by atoms with Crippen molar-refractivity contribution in [2.45, 2.75) is 52.4 Å². The second-order valence-corrected chi connectivity index (χ2v) is 8.04. The predicted molar refractivity (Wildman–Crippen MR) is 139 cm³/mol. The molecule has 3 rings (SSSR count). The monoisotopic (exact) mass is 553 g/mol. The van der Waals surface area contributed by atoms with Gasteiger partial charge in [0.15, 0.2) is 5.96 Å².